The van der Waals surface area contributed by atoms with E-state index >= 15 is 0 Å². The molecule has 0 spiro atoms. The molecule has 0 bridgehead atoms. The summed E-state index contributed by atoms with van der Waals surface area (Å²) in [5.74, 6) is -0.354. The molecule has 2 N–H and O–H groups in total. The molecule has 0 saturated heterocycles. The third-order valence-corrected chi connectivity index (χ3v) is 3.19. The van der Waals surface area contributed by atoms with Gasteiger partial charge in [0.05, 0.1) is 24.0 Å². The first kappa shape index (κ1) is 14.4. The van der Waals surface area contributed by atoms with E-state index in [2.05, 4.69) is 13.8 Å². The summed E-state index contributed by atoms with van der Waals surface area (Å²) in [6.45, 7) is 4.26. The second kappa shape index (κ2) is 6.28. The lowest BCUT2D eigenvalue weighted by Crippen LogP contribution is -2.31. The van der Waals surface area contributed by atoms with Crippen molar-refractivity contribution in [1.82, 2.24) is 0 Å². The fraction of sp³-hybridized carbons (Fsp3) is 0.500. The number of nitrogen functional groups attached to an aromatic ring is 1. The van der Waals surface area contributed by atoms with Crippen LogP contribution in [-0.4, -0.2) is 26.2 Å². The van der Waals surface area contributed by atoms with Crippen molar-refractivity contribution in [3.05, 3.63) is 23.8 Å². The summed E-state index contributed by atoms with van der Waals surface area (Å²) in [5, 5.41) is 0. The Bertz CT molecular complexity index is 418. The highest BCUT2D eigenvalue weighted by Crippen LogP contribution is 2.29. The van der Waals surface area contributed by atoms with E-state index in [1.54, 1.807) is 18.2 Å². The first-order valence-corrected chi connectivity index (χ1v) is 6.22. The van der Waals surface area contributed by atoms with Gasteiger partial charge in [-0.25, -0.2) is 4.79 Å². The average molecular weight is 250 g/mol. The van der Waals surface area contributed by atoms with Crippen molar-refractivity contribution in [2.45, 2.75) is 32.7 Å². The van der Waals surface area contributed by atoms with Crippen molar-refractivity contribution in [3.8, 4) is 0 Å². The minimum atomic E-state index is -0.354. The second-order valence-corrected chi connectivity index (χ2v) is 4.48. The summed E-state index contributed by atoms with van der Waals surface area (Å²) in [6.07, 6.45) is 2.14. The van der Waals surface area contributed by atoms with Crippen molar-refractivity contribution in [2.75, 3.05) is 24.8 Å². The molecule has 0 radical (unpaired) electrons. The van der Waals surface area contributed by atoms with E-state index in [9.17, 15) is 4.79 Å². The first-order chi connectivity index (χ1) is 8.52. The first-order valence-electron chi connectivity index (χ1n) is 6.22. The van der Waals surface area contributed by atoms with E-state index in [0.29, 0.717) is 17.3 Å². The van der Waals surface area contributed by atoms with Gasteiger partial charge in [0.1, 0.15) is 0 Å². The monoisotopic (exact) mass is 250 g/mol. The van der Waals surface area contributed by atoms with Gasteiger partial charge in [0, 0.05) is 13.1 Å². The van der Waals surface area contributed by atoms with E-state index in [4.69, 9.17) is 10.5 Å². The Kier molecular flexibility index (Phi) is 5.01. The zero-order chi connectivity index (χ0) is 13.7. The molecule has 0 heterocycles. The highest BCUT2D eigenvalue weighted by Gasteiger charge is 2.20. The van der Waals surface area contributed by atoms with E-state index in [-0.39, 0.29) is 5.97 Å². The fourth-order valence-electron chi connectivity index (χ4n) is 2.06. The zero-order valence-corrected chi connectivity index (χ0v) is 11.6. The molecule has 1 rings (SSSR count). The van der Waals surface area contributed by atoms with Crippen LogP contribution in [-0.2, 0) is 4.74 Å². The average Bonchev–Trinajstić information content (AvgIpc) is 2.37. The van der Waals surface area contributed by atoms with Crippen LogP contribution in [0.4, 0.5) is 11.4 Å². The van der Waals surface area contributed by atoms with Crippen LogP contribution in [0.3, 0.4) is 0 Å². The van der Waals surface area contributed by atoms with Gasteiger partial charge < -0.3 is 15.4 Å². The topological polar surface area (TPSA) is 55.6 Å². The highest BCUT2D eigenvalue weighted by molar-refractivity contribution is 5.99. The van der Waals surface area contributed by atoms with E-state index in [0.717, 1.165) is 18.5 Å². The van der Waals surface area contributed by atoms with Crippen LogP contribution < -0.4 is 10.6 Å². The van der Waals surface area contributed by atoms with Gasteiger partial charge >= 0.3 is 5.97 Å². The Labute approximate surface area is 109 Å². The Morgan fingerprint density at radius 1 is 1.50 bits per heavy atom. The number of para-hydroxylation sites is 1. The molecule has 0 aliphatic heterocycles. The van der Waals surface area contributed by atoms with Gasteiger partial charge in [0.2, 0.25) is 0 Å². The highest BCUT2D eigenvalue weighted by atomic mass is 16.5. The molecule has 18 heavy (non-hydrogen) atoms. The number of carbonyl (C=O) groups excluding carboxylic acids is 1. The summed E-state index contributed by atoms with van der Waals surface area (Å²) < 4.78 is 4.80. The SMILES string of the molecule is CCCC(C)N(C)c1c(N)cccc1C(=O)OC. The lowest BCUT2D eigenvalue weighted by atomic mass is 10.1. The molecule has 0 aromatic heterocycles. The molecule has 0 aliphatic rings. The molecule has 0 aliphatic carbocycles. The molecule has 0 amide bonds. The molecule has 4 heteroatoms. The Morgan fingerprint density at radius 2 is 2.17 bits per heavy atom. The van der Waals surface area contributed by atoms with Crippen molar-refractivity contribution < 1.29 is 9.53 Å². The molecule has 1 atom stereocenters. The van der Waals surface area contributed by atoms with Crippen molar-refractivity contribution in [1.29, 1.82) is 0 Å². The van der Waals surface area contributed by atoms with Crippen molar-refractivity contribution in [3.63, 3.8) is 0 Å². The number of anilines is 2. The van der Waals surface area contributed by atoms with E-state index < -0.39 is 0 Å². The lowest BCUT2D eigenvalue weighted by Gasteiger charge is -2.29. The van der Waals surface area contributed by atoms with Gasteiger partial charge in [-0.15, -0.1) is 0 Å². The number of nitrogens with zero attached hydrogens (tertiary/aromatic N) is 1. The van der Waals surface area contributed by atoms with E-state index in [1.807, 2.05) is 11.9 Å². The number of nitrogens with two attached hydrogens (primary N) is 1. The summed E-state index contributed by atoms with van der Waals surface area (Å²) in [4.78, 5) is 13.8. The number of ether oxygens (including phenoxy) is 1. The van der Waals surface area contributed by atoms with Gasteiger partial charge in [-0.05, 0) is 25.5 Å². The molecule has 1 unspecified atom stereocenters. The van der Waals surface area contributed by atoms with Gasteiger partial charge in [-0.1, -0.05) is 19.4 Å². The standard InChI is InChI=1S/C14H22N2O2/c1-5-7-10(2)16(3)13-11(14(17)18-4)8-6-9-12(13)15/h6,8-10H,5,7,15H2,1-4H3. The second-order valence-electron chi connectivity index (χ2n) is 4.48. The maximum absolute atomic E-state index is 11.8. The number of esters is 1. The van der Waals surface area contributed by atoms with Crippen molar-refractivity contribution in [2.24, 2.45) is 0 Å². The third-order valence-electron chi connectivity index (χ3n) is 3.19. The summed E-state index contributed by atoms with van der Waals surface area (Å²) in [5.41, 5.74) is 7.87. The molecule has 100 valence electrons. The number of hydrogen-bond donors (Lipinski definition) is 1. The molecular formula is C14H22N2O2. The number of carbonyl (C=O) groups is 1. The Balaban J connectivity index is 3.17. The van der Waals surface area contributed by atoms with Crippen LogP contribution in [0.15, 0.2) is 18.2 Å². The maximum atomic E-state index is 11.8. The summed E-state index contributed by atoms with van der Waals surface area (Å²) in [6, 6.07) is 5.63. The number of rotatable bonds is 5. The number of methoxy groups -OCH3 is 1. The fourth-order valence-corrected chi connectivity index (χ4v) is 2.06. The third kappa shape index (κ3) is 2.94. The van der Waals surface area contributed by atoms with Crippen LogP contribution in [0.5, 0.6) is 0 Å². The van der Waals surface area contributed by atoms with Crippen LogP contribution in [0.1, 0.15) is 37.0 Å². The van der Waals surface area contributed by atoms with E-state index in [1.165, 1.54) is 7.11 Å². The van der Waals surface area contributed by atoms with Gasteiger partial charge in [-0.2, -0.15) is 0 Å². The molecular weight excluding hydrogens is 228 g/mol. The number of hydrogen-bond acceptors (Lipinski definition) is 4. The Morgan fingerprint density at radius 3 is 2.72 bits per heavy atom. The minimum absolute atomic E-state index is 0.322. The summed E-state index contributed by atoms with van der Waals surface area (Å²) in [7, 11) is 3.34. The van der Waals surface area contributed by atoms with Gasteiger partial charge in [-0.3, -0.25) is 0 Å². The van der Waals surface area contributed by atoms with Crippen LogP contribution in [0.2, 0.25) is 0 Å². The van der Waals surface area contributed by atoms with Gasteiger partial charge in [0.15, 0.2) is 0 Å². The maximum Gasteiger partial charge on any atom is 0.340 e. The minimum Gasteiger partial charge on any atom is -0.465 e. The number of benzene rings is 1. The van der Waals surface area contributed by atoms with Crippen LogP contribution >= 0.6 is 0 Å². The molecule has 0 saturated carbocycles. The molecule has 1 aromatic rings. The lowest BCUT2D eigenvalue weighted by molar-refractivity contribution is 0.0601. The Hall–Kier alpha value is -1.71. The normalized spacial score (nSPS) is 12.0. The summed E-state index contributed by atoms with van der Waals surface area (Å²) >= 11 is 0. The van der Waals surface area contributed by atoms with Crippen LogP contribution in [0.25, 0.3) is 0 Å². The predicted octanol–water partition coefficient (Wildman–Crippen LogP) is 2.68. The van der Waals surface area contributed by atoms with Crippen LogP contribution in [0, 0.1) is 0 Å². The van der Waals surface area contributed by atoms with Crippen molar-refractivity contribution >= 4 is 17.3 Å². The smallest absolute Gasteiger partial charge is 0.340 e. The largest absolute Gasteiger partial charge is 0.465 e. The molecule has 4 nitrogen and oxygen atoms in total. The van der Waals surface area contributed by atoms with Gasteiger partial charge in [0.25, 0.3) is 0 Å². The predicted molar refractivity (Wildman–Crippen MR) is 75.0 cm³/mol. The molecule has 1 aromatic carbocycles. The zero-order valence-electron chi connectivity index (χ0n) is 11.6. The molecule has 0 fully saturated rings. The quantitative estimate of drug-likeness (QED) is 0.645.